The van der Waals surface area contributed by atoms with Crippen molar-refractivity contribution in [2.45, 2.75) is 18.8 Å². The van der Waals surface area contributed by atoms with E-state index in [-0.39, 0.29) is 23.4 Å². The topological polar surface area (TPSA) is 83.0 Å². The molecule has 37 heavy (non-hydrogen) atoms. The number of carbonyl (C=O) groups excluding carboxylic acids is 2. The second-order valence-corrected chi connectivity index (χ2v) is 8.08. The zero-order chi connectivity index (χ0) is 26.7. The molecule has 0 aliphatic heterocycles. The molecular formula is C25H19F5N4O3. The first-order chi connectivity index (χ1) is 17.5. The number of carbonyl (C=O) groups is 2. The van der Waals surface area contributed by atoms with Crippen LogP contribution in [0.5, 0.6) is 5.75 Å². The van der Waals surface area contributed by atoms with Gasteiger partial charge in [0.05, 0.1) is 11.8 Å². The summed E-state index contributed by atoms with van der Waals surface area (Å²) in [6.45, 7) is 0. The smallest absolute Gasteiger partial charge is 0.406 e. The number of ether oxygens (including phenoxy) is 1. The number of hydrogen-bond acceptors (Lipinski definition) is 4. The summed E-state index contributed by atoms with van der Waals surface area (Å²) in [6, 6.07) is 12.1. The van der Waals surface area contributed by atoms with Crippen LogP contribution in [0.2, 0.25) is 0 Å². The number of anilines is 1. The molecule has 12 heteroatoms. The van der Waals surface area contributed by atoms with Gasteiger partial charge in [-0.25, -0.2) is 19.0 Å². The van der Waals surface area contributed by atoms with Crippen LogP contribution >= 0.6 is 0 Å². The molecule has 0 heterocycles. The van der Waals surface area contributed by atoms with Crippen molar-refractivity contribution in [1.82, 2.24) is 10.3 Å². The number of benzene rings is 3. The van der Waals surface area contributed by atoms with E-state index in [1.54, 1.807) is 0 Å². The molecule has 3 aromatic carbocycles. The summed E-state index contributed by atoms with van der Waals surface area (Å²) in [4.78, 5) is 26.7. The molecule has 0 spiro atoms. The molecule has 0 aromatic heterocycles. The van der Waals surface area contributed by atoms with Crippen LogP contribution in [0.25, 0.3) is 0 Å². The predicted octanol–water partition coefficient (Wildman–Crippen LogP) is 5.09. The molecule has 0 radical (unpaired) electrons. The first kappa shape index (κ1) is 25.6. The third-order valence-corrected chi connectivity index (χ3v) is 5.56. The molecule has 7 nitrogen and oxygen atoms in total. The Balaban J connectivity index is 1.52. The van der Waals surface area contributed by atoms with Crippen molar-refractivity contribution in [3.05, 3.63) is 95.1 Å². The van der Waals surface area contributed by atoms with Gasteiger partial charge in [0.25, 0.3) is 5.91 Å². The highest BCUT2D eigenvalue weighted by Crippen LogP contribution is 2.28. The number of nitrogens with zero attached hydrogens (tertiary/aromatic N) is 2. The lowest BCUT2D eigenvalue weighted by Gasteiger charge is -2.25. The van der Waals surface area contributed by atoms with Gasteiger partial charge >= 0.3 is 12.4 Å². The summed E-state index contributed by atoms with van der Waals surface area (Å²) in [5.74, 6) is -2.03. The Morgan fingerprint density at radius 3 is 2.38 bits per heavy atom. The molecule has 1 aliphatic carbocycles. The van der Waals surface area contributed by atoms with Crippen molar-refractivity contribution >= 4 is 23.3 Å². The lowest BCUT2D eigenvalue weighted by molar-refractivity contribution is -0.274. The van der Waals surface area contributed by atoms with Gasteiger partial charge in [0.1, 0.15) is 17.4 Å². The fraction of sp³-hybridized carbons (Fsp3) is 0.160. The fourth-order valence-electron chi connectivity index (χ4n) is 3.90. The second-order valence-electron chi connectivity index (χ2n) is 8.08. The minimum Gasteiger partial charge on any atom is -0.406 e. The Bertz CT molecular complexity index is 1360. The number of halogens is 5. The SMILES string of the molecule is CN(C(=O)c1cccc(F)c1)C1Cc2cc(F)ccc2/C1=N\NC(=O)Nc1ccc(OC(F)(F)F)cc1. The highest BCUT2D eigenvalue weighted by Gasteiger charge is 2.35. The average Bonchev–Trinajstić information content (AvgIpc) is 3.19. The van der Waals surface area contributed by atoms with Gasteiger partial charge in [-0.3, -0.25) is 4.79 Å². The Labute approximate surface area is 207 Å². The van der Waals surface area contributed by atoms with E-state index in [1.165, 1.54) is 60.5 Å². The van der Waals surface area contributed by atoms with Crippen molar-refractivity contribution in [2.75, 3.05) is 12.4 Å². The van der Waals surface area contributed by atoms with E-state index in [4.69, 9.17) is 0 Å². The monoisotopic (exact) mass is 518 g/mol. The summed E-state index contributed by atoms with van der Waals surface area (Å²) >= 11 is 0. The van der Waals surface area contributed by atoms with Crippen molar-refractivity contribution in [2.24, 2.45) is 5.10 Å². The van der Waals surface area contributed by atoms with Gasteiger partial charge in [-0.15, -0.1) is 13.2 Å². The number of amides is 3. The lowest BCUT2D eigenvalue weighted by Crippen LogP contribution is -2.42. The van der Waals surface area contributed by atoms with Crippen LogP contribution in [-0.2, 0) is 6.42 Å². The Kier molecular flexibility index (Phi) is 7.09. The Morgan fingerprint density at radius 1 is 1.00 bits per heavy atom. The molecule has 0 saturated carbocycles. The van der Waals surface area contributed by atoms with Crippen LogP contribution in [0.3, 0.4) is 0 Å². The van der Waals surface area contributed by atoms with Crippen LogP contribution < -0.4 is 15.5 Å². The van der Waals surface area contributed by atoms with Crippen LogP contribution in [0, 0.1) is 11.6 Å². The molecule has 192 valence electrons. The van der Waals surface area contributed by atoms with Gasteiger partial charge in [0.15, 0.2) is 0 Å². The van der Waals surface area contributed by atoms with Gasteiger partial charge in [0.2, 0.25) is 0 Å². The number of hydrazone groups is 1. The summed E-state index contributed by atoms with van der Waals surface area (Å²) < 4.78 is 68.2. The minimum atomic E-state index is -4.84. The van der Waals surface area contributed by atoms with E-state index in [2.05, 4.69) is 20.6 Å². The molecule has 0 fully saturated rings. The highest BCUT2D eigenvalue weighted by atomic mass is 19.4. The van der Waals surface area contributed by atoms with Gasteiger partial charge in [-0.05, 0) is 72.6 Å². The summed E-state index contributed by atoms with van der Waals surface area (Å²) in [5.41, 5.74) is 3.90. The van der Waals surface area contributed by atoms with Crippen LogP contribution in [-0.4, -0.2) is 42.0 Å². The molecule has 3 amide bonds. The van der Waals surface area contributed by atoms with Crippen molar-refractivity contribution in [3.8, 4) is 5.75 Å². The number of nitrogens with one attached hydrogen (secondary N) is 2. The molecule has 1 atom stereocenters. The minimum absolute atomic E-state index is 0.104. The Morgan fingerprint density at radius 2 is 1.70 bits per heavy atom. The maximum atomic E-state index is 13.8. The number of fused-ring (bicyclic) bond motifs is 1. The van der Waals surface area contributed by atoms with Gasteiger partial charge in [-0.2, -0.15) is 5.10 Å². The van der Waals surface area contributed by atoms with Crippen LogP contribution in [0.15, 0.2) is 71.8 Å². The third kappa shape index (κ3) is 6.21. The van der Waals surface area contributed by atoms with Gasteiger partial charge < -0.3 is 15.0 Å². The largest absolute Gasteiger partial charge is 0.573 e. The van der Waals surface area contributed by atoms with Crippen LogP contribution in [0.4, 0.5) is 32.4 Å². The van der Waals surface area contributed by atoms with E-state index < -0.39 is 41.7 Å². The maximum Gasteiger partial charge on any atom is 0.573 e. The standard InChI is InChI=1S/C25H19F5N4O3/c1-34(23(35)14-3-2-4-16(26)11-14)21-13-15-12-17(27)5-10-20(15)22(21)32-33-24(36)31-18-6-8-19(9-7-18)37-25(28,29)30/h2-12,21H,13H2,1H3,(H2,31,33,36)/b32-22+. The number of urea groups is 1. The predicted molar refractivity (Wildman–Crippen MR) is 124 cm³/mol. The first-order valence-electron chi connectivity index (χ1n) is 10.8. The average molecular weight is 518 g/mol. The van der Waals surface area contributed by atoms with Gasteiger partial charge in [0, 0.05) is 23.9 Å². The Hall–Kier alpha value is -4.48. The van der Waals surface area contributed by atoms with E-state index in [1.807, 2.05) is 0 Å². The zero-order valence-corrected chi connectivity index (χ0v) is 19.1. The molecular weight excluding hydrogens is 499 g/mol. The van der Waals surface area contributed by atoms with E-state index in [0.29, 0.717) is 11.1 Å². The molecule has 1 unspecified atom stereocenters. The normalized spacial score (nSPS) is 15.7. The van der Waals surface area contributed by atoms with Crippen molar-refractivity contribution in [1.29, 1.82) is 0 Å². The number of alkyl halides is 3. The van der Waals surface area contributed by atoms with E-state index in [9.17, 15) is 31.5 Å². The second kappa shape index (κ2) is 10.2. The zero-order valence-electron chi connectivity index (χ0n) is 19.1. The van der Waals surface area contributed by atoms with Crippen molar-refractivity contribution in [3.63, 3.8) is 0 Å². The number of hydrogen-bond donors (Lipinski definition) is 2. The quantitative estimate of drug-likeness (QED) is 0.365. The molecule has 2 N–H and O–H groups in total. The number of rotatable bonds is 5. The van der Waals surface area contributed by atoms with E-state index >= 15 is 0 Å². The first-order valence-corrected chi connectivity index (χ1v) is 10.8. The summed E-state index contributed by atoms with van der Waals surface area (Å²) in [7, 11) is 1.49. The molecule has 0 saturated heterocycles. The number of likely N-dealkylation sites (N-methyl/N-ethyl adjacent to an activating group) is 1. The van der Waals surface area contributed by atoms with Gasteiger partial charge in [-0.1, -0.05) is 6.07 Å². The van der Waals surface area contributed by atoms with E-state index in [0.717, 1.165) is 18.2 Å². The molecule has 0 bridgehead atoms. The maximum absolute atomic E-state index is 13.8. The summed E-state index contributed by atoms with van der Waals surface area (Å²) in [6.07, 6.45) is -4.64. The lowest BCUT2D eigenvalue weighted by atomic mass is 10.1. The highest BCUT2D eigenvalue weighted by molar-refractivity contribution is 6.11. The molecule has 1 aliphatic rings. The summed E-state index contributed by atoms with van der Waals surface area (Å²) in [5, 5.41) is 6.55. The van der Waals surface area contributed by atoms with Crippen LogP contribution in [0.1, 0.15) is 21.5 Å². The molecule has 3 aromatic rings. The third-order valence-electron chi connectivity index (χ3n) is 5.56. The fourth-order valence-corrected chi connectivity index (χ4v) is 3.90. The van der Waals surface area contributed by atoms with Crippen molar-refractivity contribution < 1.29 is 36.3 Å². The molecule has 4 rings (SSSR count).